The summed E-state index contributed by atoms with van der Waals surface area (Å²) < 4.78 is 0. The van der Waals surface area contributed by atoms with E-state index in [1.165, 1.54) is 0 Å². The Kier molecular flexibility index (Phi) is 16.2. The summed E-state index contributed by atoms with van der Waals surface area (Å²) in [7, 11) is 0. The van der Waals surface area contributed by atoms with E-state index in [1.54, 1.807) is 12.2 Å². The molecule has 26 heavy (non-hydrogen) atoms. The molecule has 0 saturated heterocycles. The van der Waals surface area contributed by atoms with Gasteiger partial charge in [-0.05, 0) is 38.0 Å². The third-order valence-corrected chi connectivity index (χ3v) is 3.54. The Morgan fingerprint density at radius 3 is 2.08 bits per heavy atom. The molecule has 0 saturated carbocycles. The van der Waals surface area contributed by atoms with Crippen molar-refractivity contribution >= 4 is 5.97 Å². The van der Waals surface area contributed by atoms with E-state index >= 15 is 0 Å². The maximum atomic E-state index is 10.4. The van der Waals surface area contributed by atoms with Gasteiger partial charge in [-0.3, -0.25) is 4.79 Å². The molecule has 0 unspecified atom stereocenters. The number of aliphatic carboxylic acids is 1. The van der Waals surface area contributed by atoms with Crippen LogP contribution in [-0.2, 0) is 4.79 Å². The van der Waals surface area contributed by atoms with Gasteiger partial charge in [0.15, 0.2) is 0 Å². The fourth-order valence-corrected chi connectivity index (χ4v) is 2.03. The Labute approximate surface area is 158 Å². The molecule has 0 rings (SSSR count). The number of carboxylic acid groups (broad SMARTS) is 1. The molecule has 0 aliphatic heterocycles. The highest BCUT2D eigenvalue weighted by Gasteiger charge is 2.02. The van der Waals surface area contributed by atoms with Crippen molar-refractivity contribution in [3.63, 3.8) is 0 Å². The summed E-state index contributed by atoms with van der Waals surface area (Å²) in [5.74, 6) is -0.319. The van der Waals surface area contributed by atoms with E-state index in [0.29, 0.717) is 5.92 Å². The molecule has 0 aromatic rings. The molecule has 2 atom stereocenters. The predicted octanol–water partition coefficient (Wildman–Crippen LogP) is 5.77. The summed E-state index contributed by atoms with van der Waals surface area (Å²) in [5, 5.41) is 18.0. The predicted molar refractivity (Wildman–Crippen MR) is 111 cm³/mol. The van der Waals surface area contributed by atoms with E-state index in [2.05, 4.69) is 62.5 Å². The van der Waals surface area contributed by atoms with Crippen molar-refractivity contribution in [2.24, 2.45) is 5.92 Å². The highest BCUT2D eigenvalue weighted by Crippen LogP contribution is 2.05. The summed E-state index contributed by atoms with van der Waals surface area (Å²) >= 11 is 0. The summed E-state index contributed by atoms with van der Waals surface area (Å²) in [6.45, 7) is 4.37. The van der Waals surface area contributed by atoms with Gasteiger partial charge in [-0.2, -0.15) is 0 Å². The minimum Gasteiger partial charge on any atom is -0.481 e. The number of carboxylic acids is 1. The molecule has 0 bridgehead atoms. The van der Waals surface area contributed by atoms with E-state index < -0.39 is 12.1 Å². The van der Waals surface area contributed by atoms with Crippen LogP contribution in [0.5, 0.6) is 0 Å². The SMILES string of the molecule is CC/C=C\C[C@H](C)/C=C/C=C\C/C=C\C/C=C\C=C\[C@@H](O)CCC(=O)O. The Bertz CT molecular complexity index is 522. The second-order valence-electron chi connectivity index (χ2n) is 6.16. The molecular formula is C23H34O3. The minimum absolute atomic E-state index is 0.0184. The Morgan fingerprint density at radius 2 is 1.50 bits per heavy atom. The van der Waals surface area contributed by atoms with E-state index in [-0.39, 0.29) is 12.8 Å². The largest absolute Gasteiger partial charge is 0.481 e. The molecular weight excluding hydrogens is 324 g/mol. The molecule has 0 radical (unpaired) electrons. The molecule has 0 fully saturated rings. The molecule has 2 N–H and O–H groups in total. The first-order valence-electron chi connectivity index (χ1n) is 9.42. The number of rotatable bonds is 14. The molecule has 3 heteroatoms. The number of hydrogen-bond acceptors (Lipinski definition) is 2. The Balaban J connectivity index is 3.80. The van der Waals surface area contributed by atoms with E-state index in [9.17, 15) is 9.90 Å². The second-order valence-corrected chi connectivity index (χ2v) is 6.16. The van der Waals surface area contributed by atoms with Crippen molar-refractivity contribution in [1.29, 1.82) is 0 Å². The van der Waals surface area contributed by atoms with E-state index in [1.807, 2.05) is 12.2 Å². The highest BCUT2D eigenvalue weighted by atomic mass is 16.4. The zero-order valence-corrected chi connectivity index (χ0v) is 16.1. The molecule has 144 valence electrons. The van der Waals surface area contributed by atoms with Crippen LogP contribution in [0.1, 0.15) is 52.4 Å². The molecule has 0 aromatic carbocycles. The molecule has 0 aliphatic rings. The third kappa shape index (κ3) is 18.2. The molecule has 0 spiro atoms. The van der Waals surface area contributed by atoms with Gasteiger partial charge in [0.1, 0.15) is 0 Å². The van der Waals surface area contributed by atoms with Gasteiger partial charge in [-0.25, -0.2) is 0 Å². The number of aliphatic hydroxyl groups is 1. The molecule has 0 amide bonds. The van der Waals surface area contributed by atoms with Gasteiger partial charge in [0, 0.05) is 6.42 Å². The van der Waals surface area contributed by atoms with E-state index in [0.717, 1.165) is 25.7 Å². The third-order valence-electron chi connectivity index (χ3n) is 3.54. The van der Waals surface area contributed by atoms with Gasteiger partial charge < -0.3 is 10.2 Å². The zero-order valence-electron chi connectivity index (χ0n) is 16.1. The van der Waals surface area contributed by atoms with Gasteiger partial charge in [0.2, 0.25) is 0 Å². The molecule has 3 nitrogen and oxygen atoms in total. The summed E-state index contributed by atoms with van der Waals surface area (Å²) in [6, 6.07) is 0. The molecule has 0 heterocycles. The maximum absolute atomic E-state index is 10.4. The lowest BCUT2D eigenvalue weighted by Gasteiger charge is -2.00. The van der Waals surface area contributed by atoms with Gasteiger partial charge in [0.25, 0.3) is 0 Å². The van der Waals surface area contributed by atoms with Crippen molar-refractivity contribution in [2.45, 2.75) is 58.5 Å². The lowest BCUT2D eigenvalue weighted by molar-refractivity contribution is -0.137. The smallest absolute Gasteiger partial charge is 0.303 e. The minimum atomic E-state index is -0.888. The van der Waals surface area contributed by atoms with Crippen LogP contribution in [0.15, 0.2) is 72.9 Å². The van der Waals surface area contributed by atoms with Crippen molar-refractivity contribution in [3.05, 3.63) is 72.9 Å². The summed E-state index contributed by atoms with van der Waals surface area (Å²) in [5.41, 5.74) is 0. The second kappa shape index (κ2) is 17.7. The van der Waals surface area contributed by atoms with Crippen molar-refractivity contribution in [1.82, 2.24) is 0 Å². The fourth-order valence-electron chi connectivity index (χ4n) is 2.03. The van der Waals surface area contributed by atoms with Crippen LogP contribution < -0.4 is 0 Å². The first-order valence-corrected chi connectivity index (χ1v) is 9.42. The highest BCUT2D eigenvalue weighted by molar-refractivity contribution is 5.66. The number of allylic oxidation sites excluding steroid dienone is 11. The van der Waals surface area contributed by atoms with Crippen LogP contribution >= 0.6 is 0 Å². The molecule has 0 aliphatic carbocycles. The van der Waals surface area contributed by atoms with Gasteiger partial charge >= 0.3 is 5.97 Å². The monoisotopic (exact) mass is 358 g/mol. The summed E-state index contributed by atoms with van der Waals surface area (Å²) in [4.78, 5) is 10.4. The van der Waals surface area contributed by atoms with Crippen LogP contribution in [-0.4, -0.2) is 22.3 Å². The van der Waals surface area contributed by atoms with E-state index in [4.69, 9.17) is 5.11 Å². The number of hydrogen-bond donors (Lipinski definition) is 2. The first kappa shape index (κ1) is 23.9. The first-order chi connectivity index (χ1) is 12.6. The quantitative estimate of drug-likeness (QED) is 0.306. The maximum Gasteiger partial charge on any atom is 0.303 e. The van der Waals surface area contributed by atoms with Crippen molar-refractivity contribution in [3.8, 4) is 0 Å². The average molecular weight is 359 g/mol. The van der Waals surface area contributed by atoms with Crippen LogP contribution in [0.4, 0.5) is 0 Å². The van der Waals surface area contributed by atoms with Crippen molar-refractivity contribution < 1.29 is 15.0 Å². The van der Waals surface area contributed by atoms with Crippen LogP contribution in [0.3, 0.4) is 0 Å². The van der Waals surface area contributed by atoms with Crippen LogP contribution in [0.25, 0.3) is 0 Å². The van der Waals surface area contributed by atoms with Gasteiger partial charge in [0.05, 0.1) is 6.10 Å². The van der Waals surface area contributed by atoms with Crippen LogP contribution in [0, 0.1) is 5.92 Å². The average Bonchev–Trinajstić information content (AvgIpc) is 2.61. The Morgan fingerprint density at radius 1 is 0.885 bits per heavy atom. The Hall–Kier alpha value is -2.13. The lowest BCUT2D eigenvalue weighted by atomic mass is 10.1. The lowest BCUT2D eigenvalue weighted by Crippen LogP contribution is -2.05. The van der Waals surface area contributed by atoms with Crippen molar-refractivity contribution in [2.75, 3.05) is 0 Å². The normalized spacial score (nSPS) is 15.5. The standard InChI is InChI=1S/C23H34O3/c1-3-4-13-16-21(2)17-14-11-9-7-5-6-8-10-12-15-18-22(24)19-20-23(25)26/h4-6,9-15,17-18,21-22,24H,3,7-8,16,19-20H2,1-2H3,(H,25,26)/b6-5-,11-9-,12-10-,13-4-,17-14+,18-15+/t21-,22+/m0/s1. The van der Waals surface area contributed by atoms with Gasteiger partial charge in [-0.15, -0.1) is 0 Å². The number of carbonyl (C=O) groups is 1. The fraction of sp³-hybridized carbons (Fsp3) is 0.435. The summed E-state index contributed by atoms with van der Waals surface area (Å²) in [6.07, 6.45) is 27.9. The van der Waals surface area contributed by atoms with Gasteiger partial charge in [-0.1, -0.05) is 86.8 Å². The molecule has 0 aromatic heterocycles. The van der Waals surface area contributed by atoms with Crippen LogP contribution in [0.2, 0.25) is 0 Å². The topological polar surface area (TPSA) is 57.5 Å². The number of aliphatic hydroxyl groups excluding tert-OH is 1. The zero-order chi connectivity index (χ0) is 19.5.